The number of morpholine rings is 1. The number of carbonyl (C=O) groups excluding carboxylic acids is 1. The largest absolute Gasteiger partial charge is 0.379 e. The lowest BCUT2D eigenvalue weighted by atomic mass is 9.46. The third-order valence-electron chi connectivity index (χ3n) is 11.0. The number of unbranched alkanes of at least 4 members (excludes halogenated alkanes) is 1. The average molecular weight is 532 g/mol. The van der Waals surface area contributed by atoms with Gasteiger partial charge in [-0.15, -0.1) is 0 Å². The van der Waals surface area contributed by atoms with E-state index in [2.05, 4.69) is 59.4 Å². The molecule has 1 aromatic rings. The van der Waals surface area contributed by atoms with E-state index in [-0.39, 0.29) is 16.8 Å². The zero-order chi connectivity index (χ0) is 26.9. The maximum Gasteiger partial charge on any atom is 0.335 e. The van der Waals surface area contributed by atoms with Gasteiger partial charge in [0.2, 0.25) is 0 Å². The summed E-state index contributed by atoms with van der Waals surface area (Å²) < 4.78 is 5.40. The molecule has 3 fully saturated rings. The Morgan fingerprint density at radius 2 is 2.00 bits per heavy atom. The van der Waals surface area contributed by atoms with Gasteiger partial charge in [-0.3, -0.25) is 9.88 Å². The van der Waals surface area contributed by atoms with E-state index < -0.39 is 0 Å². The van der Waals surface area contributed by atoms with Gasteiger partial charge in [0.15, 0.2) is 0 Å². The lowest BCUT2D eigenvalue weighted by Crippen LogP contribution is -2.49. The van der Waals surface area contributed by atoms with Crippen LogP contribution in [0.25, 0.3) is 5.57 Å². The molecule has 2 heterocycles. The first kappa shape index (κ1) is 26.9. The van der Waals surface area contributed by atoms with Crippen molar-refractivity contribution in [3.05, 3.63) is 47.8 Å². The van der Waals surface area contributed by atoms with Gasteiger partial charge >= 0.3 is 5.97 Å². The highest BCUT2D eigenvalue weighted by Gasteiger charge is 2.57. The Hall–Kier alpha value is -2.31. The summed E-state index contributed by atoms with van der Waals surface area (Å²) in [5.74, 6) is 2.02. The fourth-order valence-electron chi connectivity index (χ4n) is 8.76. The number of rotatable bonds is 7. The van der Waals surface area contributed by atoms with Crippen molar-refractivity contribution in [3.8, 4) is 0 Å². The minimum atomic E-state index is -0.204. The third kappa shape index (κ3) is 5.27. The highest BCUT2D eigenvalue weighted by Crippen LogP contribution is 2.66. The highest BCUT2D eigenvalue weighted by molar-refractivity contribution is 5.96. The van der Waals surface area contributed by atoms with E-state index in [1.54, 1.807) is 0 Å². The molecule has 0 radical (unpaired) electrons. The van der Waals surface area contributed by atoms with Crippen molar-refractivity contribution in [2.75, 3.05) is 32.8 Å². The molecule has 2 saturated carbocycles. The number of allylic oxidation sites excluding steroid dienone is 4. The predicted molar refractivity (Wildman–Crippen MR) is 154 cm³/mol. The van der Waals surface area contributed by atoms with Crippen LogP contribution in [0, 0.1) is 28.6 Å². The Bertz CT molecular complexity index is 1140. The summed E-state index contributed by atoms with van der Waals surface area (Å²) in [5, 5.41) is 4.34. The molecule has 6 heteroatoms. The van der Waals surface area contributed by atoms with Gasteiger partial charge in [-0.2, -0.15) is 0 Å². The van der Waals surface area contributed by atoms with Crippen LogP contribution in [0.15, 0.2) is 47.4 Å². The first-order chi connectivity index (χ1) is 19.0. The second-order valence-electron chi connectivity index (χ2n) is 13.0. The zero-order valence-corrected chi connectivity index (χ0v) is 23.9. The van der Waals surface area contributed by atoms with Crippen molar-refractivity contribution in [2.45, 2.75) is 78.1 Å². The van der Waals surface area contributed by atoms with Crippen molar-refractivity contribution in [3.63, 3.8) is 0 Å². The number of hydrogen-bond donors (Lipinski definition) is 0. The summed E-state index contributed by atoms with van der Waals surface area (Å²) in [7, 11) is 0. The highest BCUT2D eigenvalue weighted by atomic mass is 16.7. The molecule has 5 aliphatic rings. The Morgan fingerprint density at radius 1 is 1.13 bits per heavy atom. The van der Waals surface area contributed by atoms with E-state index in [0.717, 1.165) is 88.4 Å². The molecule has 39 heavy (non-hydrogen) atoms. The Balaban J connectivity index is 1.05. The Labute approximate surface area is 233 Å². The molecule has 0 bridgehead atoms. The molecule has 0 aromatic carbocycles. The van der Waals surface area contributed by atoms with Crippen molar-refractivity contribution in [2.24, 2.45) is 33.7 Å². The first-order valence-electron chi connectivity index (χ1n) is 15.4. The molecular weight excluding hydrogens is 486 g/mol. The second kappa shape index (κ2) is 11.3. The van der Waals surface area contributed by atoms with Crippen molar-refractivity contribution >= 4 is 17.3 Å². The smallest absolute Gasteiger partial charge is 0.335 e. The number of aromatic nitrogens is 1. The number of oxime groups is 1. The minimum absolute atomic E-state index is 0.204. The maximum absolute atomic E-state index is 12.3. The molecule has 5 atom stereocenters. The van der Waals surface area contributed by atoms with Crippen molar-refractivity contribution in [1.82, 2.24) is 9.88 Å². The standard InChI is InChI=1S/C33H45N3O3/c1-32-14-12-26(35-39-31(37)7-3-4-17-36-18-20-38-21-19-36)22-25(32)8-9-27-29-11-10-28(24-6-5-16-34-23-24)33(29,2)15-13-30(27)32/h5-6,10,16,22-23,27,29-30H,3-4,7-9,11-15,17-21H2,1-2H3/t27-,29+,30+,32+,33-/m1/s1. The number of fused-ring (bicyclic) bond motifs is 5. The van der Waals surface area contributed by atoms with Gasteiger partial charge in [-0.1, -0.05) is 36.7 Å². The van der Waals surface area contributed by atoms with Crippen LogP contribution in [0.4, 0.5) is 0 Å². The van der Waals surface area contributed by atoms with Gasteiger partial charge in [0.1, 0.15) is 0 Å². The predicted octanol–water partition coefficient (Wildman–Crippen LogP) is 6.44. The van der Waals surface area contributed by atoms with E-state index in [9.17, 15) is 4.79 Å². The second-order valence-corrected chi connectivity index (χ2v) is 13.0. The molecule has 1 aliphatic heterocycles. The zero-order valence-electron chi connectivity index (χ0n) is 23.9. The van der Waals surface area contributed by atoms with Gasteiger partial charge in [0.25, 0.3) is 0 Å². The first-order valence-corrected chi connectivity index (χ1v) is 15.4. The van der Waals surface area contributed by atoms with Crippen LogP contribution >= 0.6 is 0 Å². The van der Waals surface area contributed by atoms with Crippen LogP contribution in [-0.2, 0) is 14.4 Å². The number of carbonyl (C=O) groups is 1. The third-order valence-corrected chi connectivity index (χ3v) is 11.0. The normalized spacial score (nSPS) is 35.4. The van der Waals surface area contributed by atoms with Crippen molar-refractivity contribution < 1.29 is 14.4 Å². The van der Waals surface area contributed by atoms with Gasteiger partial charge < -0.3 is 9.57 Å². The van der Waals surface area contributed by atoms with Gasteiger partial charge in [0, 0.05) is 31.9 Å². The molecule has 4 aliphatic carbocycles. The van der Waals surface area contributed by atoms with Crippen molar-refractivity contribution in [1.29, 1.82) is 0 Å². The quantitative estimate of drug-likeness (QED) is 0.230. The lowest BCUT2D eigenvalue weighted by molar-refractivity contribution is -0.143. The SMILES string of the molecule is C[C@]12CCC(=NOC(=O)CCCCN3CCOCC3)C=C1CC[C@H]1[C@@H]2CC[C@]2(C)C(c3cccnc3)=CC[C@@H]12. The number of nitrogens with zero attached hydrogens (tertiary/aromatic N) is 3. The number of ether oxygens (including phenoxy) is 1. The van der Waals surface area contributed by atoms with Gasteiger partial charge in [0.05, 0.1) is 18.9 Å². The van der Waals surface area contributed by atoms with E-state index >= 15 is 0 Å². The maximum atomic E-state index is 12.3. The molecule has 0 N–H and O–H groups in total. The minimum Gasteiger partial charge on any atom is -0.379 e. The fourth-order valence-corrected chi connectivity index (χ4v) is 8.76. The molecule has 1 saturated heterocycles. The molecular formula is C33H45N3O3. The van der Waals surface area contributed by atoms with Crippen LogP contribution in [0.3, 0.4) is 0 Å². The molecule has 0 unspecified atom stereocenters. The topological polar surface area (TPSA) is 64.0 Å². The Kier molecular flexibility index (Phi) is 7.78. The lowest BCUT2D eigenvalue weighted by Gasteiger charge is -2.58. The van der Waals surface area contributed by atoms with E-state index in [1.165, 1.54) is 42.4 Å². The van der Waals surface area contributed by atoms with E-state index in [4.69, 9.17) is 9.57 Å². The molecule has 210 valence electrons. The average Bonchev–Trinajstić information content (AvgIpc) is 3.32. The van der Waals surface area contributed by atoms with Crippen LogP contribution < -0.4 is 0 Å². The van der Waals surface area contributed by atoms with Crippen LogP contribution in [0.1, 0.15) is 83.6 Å². The summed E-state index contributed by atoms with van der Waals surface area (Å²) in [4.78, 5) is 24.5. The van der Waals surface area contributed by atoms with Crippen LogP contribution in [0.2, 0.25) is 0 Å². The van der Waals surface area contributed by atoms with Gasteiger partial charge in [-0.05, 0) is 116 Å². The number of pyridine rings is 1. The molecule has 0 amide bonds. The molecule has 1 aromatic heterocycles. The monoisotopic (exact) mass is 531 g/mol. The van der Waals surface area contributed by atoms with Crippen LogP contribution in [-0.4, -0.2) is 54.4 Å². The van der Waals surface area contributed by atoms with E-state index in [0.29, 0.717) is 6.42 Å². The summed E-state index contributed by atoms with van der Waals surface area (Å²) in [6.45, 7) is 9.70. The number of hydrogen-bond acceptors (Lipinski definition) is 6. The van der Waals surface area contributed by atoms with E-state index in [1.807, 2.05) is 6.20 Å². The molecule has 6 nitrogen and oxygen atoms in total. The molecule has 0 spiro atoms. The molecule has 6 rings (SSSR count). The van der Waals surface area contributed by atoms with Crippen LogP contribution in [0.5, 0.6) is 0 Å². The summed E-state index contributed by atoms with van der Waals surface area (Å²) >= 11 is 0. The Morgan fingerprint density at radius 3 is 2.82 bits per heavy atom. The summed E-state index contributed by atoms with van der Waals surface area (Å²) in [5.41, 5.74) is 5.84. The van der Waals surface area contributed by atoms with Gasteiger partial charge in [-0.25, -0.2) is 4.79 Å². The summed E-state index contributed by atoms with van der Waals surface area (Å²) in [6.07, 6.45) is 19.2. The fraction of sp³-hybridized carbons (Fsp3) is 0.667. The summed E-state index contributed by atoms with van der Waals surface area (Å²) in [6, 6.07) is 4.31.